The minimum absolute atomic E-state index is 0.278. The number of hydrogen-bond donors (Lipinski definition) is 1. The summed E-state index contributed by atoms with van der Waals surface area (Å²) in [7, 11) is -1.60. The Labute approximate surface area is 94.5 Å². The molecule has 0 saturated heterocycles. The standard InChI is InChI=1S/C12H24O2Si/c1-12(2,3)15(4,5)14-9-11-7-6-10(11)8-13/h8,11,13H,6-7,9H2,1-5H3/b10-8+. The number of hydrogen-bond acceptors (Lipinski definition) is 2. The lowest BCUT2D eigenvalue weighted by Crippen LogP contribution is -2.42. The van der Waals surface area contributed by atoms with Gasteiger partial charge in [0.2, 0.25) is 0 Å². The first-order chi connectivity index (χ1) is 6.78. The predicted octanol–water partition coefficient (Wildman–Crippen LogP) is 3.86. The van der Waals surface area contributed by atoms with Crippen LogP contribution in [0, 0.1) is 5.92 Å². The van der Waals surface area contributed by atoms with E-state index in [1.54, 1.807) is 0 Å². The van der Waals surface area contributed by atoms with Gasteiger partial charge in [-0.1, -0.05) is 20.8 Å². The lowest BCUT2D eigenvalue weighted by atomic mass is 9.81. The van der Waals surface area contributed by atoms with Gasteiger partial charge in [0.1, 0.15) is 0 Å². The maximum absolute atomic E-state index is 8.94. The van der Waals surface area contributed by atoms with Crippen LogP contribution in [0.1, 0.15) is 33.6 Å². The average Bonchev–Trinajstić information content (AvgIpc) is 2.00. The van der Waals surface area contributed by atoms with E-state index in [4.69, 9.17) is 9.53 Å². The summed E-state index contributed by atoms with van der Waals surface area (Å²) in [6, 6.07) is 0. The van der Waals surface area contributed by atoms with Crippen molar-refractivity contribution in [3.63, 3.8) is 0 Å². The van der Waals surface area contributed by atoms with Crippen molar-refractivity contribution in [2.75, 3.05) is 6.61 Å². The third-order valence-electron chi connectivity index (χ3n) is 3.92. The molecule has 1 rings (SSSR count). The van der Waals surface area contributed by atoms with Gasteiger partial charge in [-0.2, -0.15) is 0 Å². The summed E-state index contributed by atoms with van der Waals surface area (Å²) in [5.41, 5.74) is 1.16. The van der Waals surface area contributed by atoms with E-state index in [9.17, 15) is 0 Å². The average molecular weight is 228 g/mol. The lowest BCUT2D eigenvalue weighted by Gasteiger charge is -2.39. The van der Waals surface area contributed by atoms with Gasteiger partial charge in [-0.15, -0.1) is 0 Å². The molecule has 1 saturated carbocycles. The Balaban J connectivity index is 2.43. The number of aliphatic hydroxyl groups excluding tert-OH is 1. The van der Waals surface area contributed by atoms with Gasteiger partial charge >= 0.3 is 0 Å². The molecule has 0 aromatic rings. The Kier molecular flexibility index (Phi) is 3.66. The zero-order valence-electron chi connectivity index (χ0n) is 10.6. The van der Waals surface area contributed by atoms with Crippen LogP contribution in [0.5, 0.6) is 0 Å². The fourth-order valence-electron chi connectivity index (χ4n) is 1.40. The lowest BCUT2D eigenvalue weighted by molar-refractivity contribution is 0.209. The zero-order chi connectivity index (χ0) is 11.7. The van der Waals surface area contributed by atoms with Crippen LogP contribution >= 0.6 is 0 Å². The highest BCUT2D eigenvalue weighted by Gasteiger charge is 2.38. The second kappa shape index (κ2) is 4.30. The number of aliphatic hydroxyl groups is 1. The molecule has 1 aliphatic carbocycles. The van der Waals surface area contributed by atoms with E-state index in [0.717, 1.165) is 18.6 Å². The molecule has 0 amide bonds. The highest BCUT2D eigenvalue weighted by atomic mass is 28.4. The summed E-state index contributed by atoms with van der Waals surface area (Å²) in [6.07, 6.45) is 3.48. The molecule has 2 nitrogen and oxygen atoms in total. The van der Waals surface area contributed by atoms with Crippen LogP contribution in [0.4, 0.5) is 0 Å². The predicted molar refractivity (Wildman–Crippen MR) is 66.6 cm³/mol. The van der Waals surface area contributed by atoms with Crippen LogP contribution in [-0.2, 0) is 4.43 Å². The van der Waals surface area contributed by atoms with E-state index in [2.05, 4.69) is 33.9 Å². The second-order valence-electron chi connectivity index (χ2n) is 6.01. The summed E-state index contributed by atoms with van der Waals surface area (Å²) in [5.74, 6) is 0.476. The largest absolute Gasteiger partial charge is 0.516 e. The molecule has 88 valence electrons. The van der Waals surface area contributed by atoms with Crippen LogP contribution < -0.4 is 0 Å². The summed E-state index contributed by atoms with van der Waals surface area (Å²) >= 11 is 0. The Hall–Kier alpha value is -0.283. The molecule has 1 fully saturated rings. The molecular weight excluding hydrogens is 204 g/mol. The molecule has 0 heterocycles. The maximum Gasteiger partial charge on any atom is 0.192 e. The first-order valence-corrected chi connectivity index (χ1v) is 8.66. The first-order valence-electron chi connectivity index (χ1n) is 5.75. The molecule has 15 heavy (non-hydrogen) atoms. The Morgan fingerprint density at radius 1 is 1.47 bits per heavy atom. The van der Waals surface area contributed by atoms with Crippen LogP contribution in [-0.4, -0.2) is 20.0 Å². The third kappa shape index (κ3) is 2.85. The monoisotopic (exact) mass is 228 g/mol. The van der Waals surface area contributed by atoms with Crippen molar-refractivity contribution in [1.29, 1.82) is 0 Å². The van der Waals surface area contributed by atoms with Crippen LogP contribution in [0.2, 0.25) is 18.1 Å². The van der Waals surface area contributed by atoms with Crippen LogP contribution in [0.15, 0.2) is 11.8 Å². The van der Waals surface area contributed by atoms with E-state index >= 15 is 0 Å². The van der Waals surface area contributed by atoms with E-state index < -0.39 is 8.32 Å². The SMILES string of the molecule is CC(C)(C)[Si](C)(C)OCC1CC/C1=C\O. The minimum Gasteiger partial charge on any atom is -0.516 e. The van der Waals surface area contributed by atoms with Gasteiger partial charge in [0.15, 0.2) is 8.32 Å². The van der Waals surface area contributed by atoms with E-state index in [0.29, 0.717) is 5.92 Å². The fourth-order valence-corrected chi connectivity index (χ4v) is 2.45. The smallest absolute Gasteiger partial charge is 0.192 e. The highest BCUT2D eigenvalue weighted by Crippen LogP contribution is 2.39. The maximum atomic E-state index is 8.94. The molecule has 1 unspecified atom stereocenters. The van der Waals surface area contributed by atoms with Gasteiger partial charge in [-0.25, -0.2) is 0 Å². The van der Waals surface area contributed by atoms with Crippen molar-refractivity contribution >= 4 is 8.32 Å². The normalized spacial score (nSPS) is 25.4. The van der Waals surface area contributed by atoms with Crippen molar-refractivity contribution in [3.8, 4) is 0 Å². The Bertz CT molecular complexity index is 251. The van der Waals surface area contributed by atoms with Crippen molar-refractivity contribution in [1.82, 2.24) is 0 Å². The van der Waals surface area contributed by atoms with Gasteiger partial charge in [0.05, 0.1) is 6.26 Å². The molecule has 0 radical (unpaired) electrons. The first kappa shape index (κ1) is 12.8. The van der Waals surface area contributed by atoms with Crippen molar-refractivity contribution in [2.45, 2.75) is 51.7 Å². The zero-order valence-corrected chi connectivity index (χ0v) is 11.6. The highest BCUT2D eigenvalue weighted by molar-refractivity contribution is 6.74. The molecule has 0 bridgehead atoms. The topological polar surface area (TPSA) is 29.5 Å². The molecule has 0 spiro atoms. The summed E-state index contributed by atoms with van der Waals surface area (Å²) < 4.78 is 6.12. The summed E-state index contributed by atoms with van der Waals surface area (Å²) in [4.78, 5) is 0. The van der Waals surface area contributed by atoms with Gasteiger partial charge < -0.3 is 9.53 Å². The van der Waals surface area contributed by atoms with Gasteiger partial charge in [0, 0.05) is 12.5 Å². The Morgan fingerprint density at radius 2 is 2.07 bits per heavy atom. The van der Waals surface area contributed by atoms with E-state index in [-0.39, 0.29) is 5.04 Å². The van der Waals surface area contributed by atoms with Gasteiger partial charge in [0.25, 0.3) is 0 Å². The van der Waals surface area contributed by atoms with Crippen LogP contribution in [0.25, 0.3) is 0 Å². The molecular formula is C12H24O2Si. The molecule has 1 atom stereocenters. The van der Waals surface area contributed by atoms with Crippen molar-refractivity contribution < 1.29 is 9.53 Å². The van der Waals surface area contributed by atoms with E-state index in [1.807, 2.05) is 0 Å². The van der Waals surface area contributed by atoms with Crippen LogP contribution in [0.3, 0.4) is 0 Å². The molecule has 0 aromatic heterocycles. The molecule has 0 aliphatic heterocycles. The Morgan fingerprint density at radius 3 is 2.40 bits per heavy atom. The summed E-state index contributed by atoms with van der Waals surface area (Å²) in [5, 5.41) is 9.22. The molecule has 0 aromatic carbocycles. The number of rotatable bonds is 3. The quantitative estimate of drug-likeness (QED) is 0.587. The fraction of sp³-hybridized carbons (Fsp3) is 0.833. The summed E-state index contributed by atoms with van der Waals surface area (Å²) in [6.45, 7) is 12.1. The second-order valence-corrected chi connectivity index (χ2v) is 10.8. The molecule has 3 heteroatoms. The van der Waals surface area contributed by atoms with Gasteiger partial charge in [-0.3, -0.25) is 0 Å². The molecule has 1 N–H and O–H groups in total. The van der Waals surface area contributed by atoms with Crippen molar-refractivity contribution in [2.24, 2.45) is 5.92 Å². The molecule has 1 aliphatic rings. The van der Waals surface area contributed by atoms with Gasteiger partial charge in [-0.05, 0) is 36.5 Å². The minimum atomic E-state index is -1.60. The van der Waals surface area contributed by atoms with E-state index in [1.165, 1.54) is 12.7 Å². The van der Waals surface area contributed by atoms with Crippen molar-refractivity contribution in [3.05, 3.63) is 11.8 Å². The third-order valence-corrected chi connectivity index (χ3v) is 8.42.